The Bertz CT molecular complexity index is 1420. The maximum absolute atomic E-state index is 13.1. The number of hydrogen-bond donors (Lipinski definition) is 1. The van der Waals surface area contributed by atoms with Gasteiger partial charge in [-0.1, -0.05) is 30.3 Å². The summed E-state index contributed by atoms with van der Waals surface area (Å²) in [6.45, 7) is 1.03. The molecule has 0 bridgehead atoms. The molecule has 7 nitrogen and oxygen atoms in total. The predicted molar refractivity (Wildman–Crippen MR) is 127 cm³/mol. The minimum Gasteiger partial charge on any atom is -0.350 e. The number of benzene rings is 1. The molecule has 160 valence electrons. The Labute approximate surface area is 191 Å². The highest BCUT2D eigenvalue weighted by Gasteiger charge is 2.15. The van der Waals surface area contributed by atoms with Crippen molar-refractivity contribution in [3.63, 3.8) is 0 Å². The molecular formula is C23H19N5O2S2. The SMILES string of the molecule is O=C(Cn1cnc2scc(-c3cccs3)c2c1=O)NCc1cccc(Cn2ccnc2)c1. The molecule has 0 spiro atoms. The Hall–Kier alpha value is -3.56. The first-order chi connectivity index (χ1) is 15.7. The Morgan fingerprint density at radius 2 is 2.00 bits per heavy atom. The monoisotopic (exact) mass is 461 g/mol. The number of rotatable bonds is 7. The van der Waals surface area contributed by atoms with E-state index < -0.39 is 0 Å². The Kier molecular flexibility index (Phi) is 5.66. The number of fused-ring (bicyclic) bond motifs is 1. The zero-order valence-corrected chi connectivity index (χ0v) is 18.6. The number of imidazole rings is 1. The van der Waals surface area contributed by atoms with E-state index in [0.29, 0.717) is 16.8 Å². The molecule has 4 heterocycles. The van der Waals surface area contributed by atoms with Gasteiger partial charge >= 0.3 is 0 Å². The molecular weight excluding hydrogens is 442 g/mol. The highest BCUT2D eigenvalue weighted by molar-refractivity contribution is 7.18. The van der Waals surface area contributed by atoms with Crippen LogP contribution in [0, 0.1) is 0 Å². The fourth-order valence-electron chi connectivity index (χ4n) is 3.53. The fraction of sp³-hybridized carbons (Fsp3) is 0.130. The van der Waals surface area contributed by atoms with Gasteiger partial charge in [-0.2, -0.15) is 0 Å². The molecule has 0 aliphatic rings. The summed E-state index contributed by atoms with van der Waals surface area (Å²) in [5.41, 5.74) is 2.80. The number of carbonyl (C=O) groups excluding carboxylic acids is 1. The first-order valence-electron chi connectivity index (χ1n) is 9.98. The third kappa shape index (κ3) is 4.25. The predicted octanol–water partition coefficient (Wildman–Crippen LogP) is 3.75. The van der Waals surface area contributed by atoms with E-state index in [1.165, 1.54) is 22.2 Å². The molecule has 4 aromatic heterocycles. The van der Waals surface area contributed by atoms with Gasteiger partial charge in [0.1, 0.15) is 11.4 Å². The maximum Gasteiger partial charge on any atom is 0.263 e. The van der Waals surface area contributed by atoms with Crippen LogP contribution >= 0.6 is 22.7 Å². The Morgan fingerprint density at radius 3 is 2.81 bits per heavy atom. The molecule has 9 heteroatoms. The highest BCUT2D eigenvalue weighted by atomic mass is 32.1. The van der Waals surface area contributed by atoms with Crippen LogP contribution in [-0.2, 0) is 24.4 Å². The van der Waals surface area contributed by atoms with Crippen molar-refractivity contribution in [1.82, 2.24) is 24.4 Å². The average molecular weight is 462 g/mol. The Balaban J connectivity index is 1.28. The lowest BCUT2D eigenvalue weighted by Crippen LogP contribution is -2.32. The van der Waals surface area contributed by atoms with Gasteiger partial charge in [0, 0.05) is 41.3 Å². The lowest BCUT2D eigenvalue weighted by atomic mass is 10.1. The van der Waals surface area contributed by atoms with E-state index in [0.717, 1.165) is 28.1 Å². The van der Waals surface area contributed by atoms with Crippen molar-refractivity contribution in [1.29, 1.82) is 0 Å². The van der Waals surface area contributed by atoms with E-state index in [4.69, 9.17) is 0 Å². The van der Waals surface area contributed by atoms with Crippen LogP contribution in [-0.4, -0.2) is 25.0 Å². The number of nitrogens with one attached hydrogen (secondary N) is 1. The number of amides is 1. The van der Waals surface area contributed by atoms with E-state index >= 15 is 0 Å². The van der Waals surface area contributed by atoms with Crippen molar-refractivity contribution < 1.29 is 4.79 Å². The molecule has 0 radical (unpaired) electrons. The first kappa shape index (κ1) is 20.3. The van der Waals surface area contributed by atoms with Gasteiger partial charge in [-0.15, -0.1) is 22.7 Å². The molecule has 1 aromatic carbocycles. The summed E-state index contributed by atoms with van der Waals surface area (Å²) < 4.78 is 3.36. The molecule has 0 fully saturated rings. The lowest BCUT2D eigenvalue weighted by molar-refractivity contribution is -0.121. The van der Waals surface area contributed by atoms with Crippen LogP contribution in [0.1, 0.15) is 11.1 Å². The van der Waals surface area contributed by atoms with Crippen molar-refractivity contribution in [2.24, 2.45) is 0 Å². The Morgan fingerprint density at radius 1 is 1.09 bits per heavy atom. The summed E-state index contributed by atoms with van der Waals surface area (Å²) in [6, 6.07) is 12.0. The smallest absolute Gasteiger partial charge is 0.263 e. The minimum atomic E-state index is -0.235. The molecule has 1 N–H and O–H groups in total. The second-order valence-corrected chi connectivity index (χ2v) is 9.12. The molecule has 0 aliphatic carbocycles. The van der Waals surface area contributed by atoms with Crippen molar-refractivity contribution in [3.8, 4) is 10.4 Å². The summed E-state index contributed by atoms with van der Waals surface area (Å²) in [4.78, 5) is 35.8. The van der Waals surface area contributed by atoms with Crippen LogP contribution in [0.25, 0.3) is 20.7 Å². The second kappa shape index (κ2) is 8.89. The van der Waals surface area contributed by atoms with Gasteiger partial charge in [-0.05, 0) is 22.6 Å². The van der Waals surface area contributed by atoms with Gasteiger partial charge < -0.3 is 9.88 Å². The number of hydrogen-bond acceptors (Lipinski definition) is 6. The van der Waals surface area contributed by atoms with Gasteiger partial charge in [-0.25, -0.2) is 9.97 Å². The van der Waals surface area contributed by atoms with Crippen LogP contribution in [0.5, 0.6) is 0 Å². The van der Waals surface area contributed by atoms with Gasteiger partial charge in [0.2, 0.25) is 5.91 Å². The lowest BCUT2D eigenvalue weighted by Gasteiger charge is -2.09. The van der Waals surface area contributed by atoms with Crippen molar-refractivity contribution in [3.05, 3.63) is 93.7 Å². The number of carbonyl (C=O) groups is 1. The van der Waals surface area contributed by atoms with Crippen LogP contribution in [0.2, 0.25) is 0 Å². The summed E-state index contributed by atoms with van der Waals surface area (Å²) in [5.74, 6) is -0.235. The molecule has 0 unspecified atom stereocenters. The standard InChI is InChI=1S/C23H19N5O2S2/c29-20(25-10-16-3-1-4-17(9-16)11-27-7-6-24-14-27)12-28-15-26-22-21(23(28)30)18(13-32-22)19-5-2-8-31-19/h1-9,13-15H,10-12H2,(H,25,29). The van der Waals surface area contributed by atoms with Crippen molar-refractivity contribution in [2.45, 2.75) is 19.6 Å². The fourth-order valence-corrected chi connectivity index (χ4v) is 5.25. The topological polar surface area (TPSA) is 81.8 Å². The number of nitrogens with zero attached hydrogens (tertiary/aromatic N) is 4. The normalized spacial score (nSPS) is 11.1. The third-order valence-corrected chi connectivity index (χ3v) is 6.86. The van der Waals surface area contributed by atoms with Gasteiger partial charge in [0.25, 0.3) is 5.56 Å². The minimum absolute atomic E-state index is 0.0732. The quantitative estimate of drug-likeness (QED) is 0.400. The van der Waals surface area contributed by atoms with E-state index in [9.17, 15) is 9.59 Å². The number of thiophene rings is 2. The molecule has 0 saturated carbocycles. The molecule has 0 aliphatic heterocycles. The average Bonchev–Trinajstić information content (AvgIpc) is 3.56. The largest absolute Gasteiger partial charge is 0.350 e. The zero-order chi connectivity index (χ0) is 21.9. The van der Waals surface area contributed by atoms with Crippen molar-refractivity contribution in [2.75, 3.05) is 0 Å². The molecule has 0 atom stereocenters. The van der Waals surface area contributed by atoms with Crippen LogP contribution in [0.3, 0.4) is 0 Å². The molecule has 5 aromatic rings. The summed E-state index contributed by atoms with van der Waals surface area (Å²) >= 11 is 3.02. The molecule has 1 amide bonds. The first-order valence-corrected chi connectivity index (χ1v) is 11.7. The van der Waals surface area contributed by atoms with E-state index in [-0.39, 0.29) is 18.0 Å². The van der Waals surface area contributed by atoms with Gasteiger partial charge in [-0.3, -0.25) is 14.2 Å². The van der Waals surface area contributed by atoms with Crippen LogP contribution in [0.15, 0.2) is 77.0 Å². The van der Waals surface area contributed by atoms with Crippen LogP contribution in [0.4, 0.5) is 0 Å². The van der Waals surface area contributed by atoms with Crippen molar-refractivity contribution >= 4 is 38.8 Å². The molecule has 32 heavy (non-hydrogen) atoms. The van der Waals surface area contributed by atoms with E-state index in [1.807, 2.05) is 51.9 Å². The molecule has 5 rings (SSSR count). The van der Waals surface area contributed by atoms with Crippen LogP contribution < -0.4 is 10.9 Å². The summed E-state index contributed by atoms with van der Waals surface area (Å²) in [6.07, 6.45) is 6.88. The number of aromatic nitrogens is 4. The second-order valence-electron chi connectivity index (χ2n) is 7.32. The third-order valence-electron chi connectivity index (χ3n) is 5.07. The van der Waals surface area contributed by atoms with E-state index in [2.05, 4.69) is 21.4 Å². The summed E-state index contributed by atoms with van der Waals surface area (Å²) in [5, 5.41) is 7.40. The highest BCUT2D eigenvalue weighted by Crippen LogP contribution is 2.33. The molecule has 0 saturated heterocycles. The zero-order valence-electron chi connectivity index (χ0n) is 17.0. The van der Waals surface area contributed by atoms with E-state index in [1.54, 1.807) is 23.9 Å². The summed E-state index contributed by atoms with van der Waals surface area (Å²) in [7, 11) is 0. The van der Waals surface area contributed by atoms with Gasteiger partial charge in [0.15, 0.2) is 0 Å². The maximum atomic E-state index is 13.1. The van der Waals surface area contributed by atoms with Gasteiger partial charge in [0.05, 0.1) is 18.0 Å².